The third-order valence-corrected chi connectivity index (χ3v) is 3.05. The number of hydrogen-bond donors (Lipinski definition) is 2. The Balaban J connectivity index is 2.64. The molecule has 0 saturated carbocycles. The van der Waals surface area contributed by atoms with Gasteiger partial charge in [0.1, 0.15) is 5.75 Å². The number of halogens is 1. The molecule has 0 radical (unpaired) electrons. The predicted octanol–water partition coefficient (Wildman–Crippen LogP) is 2.10. The molecule has 1 atom stereocenters. The van der Waals surface area contributed by atoms with Crippen molar-refractivity contribution in [2.45, 2.75) is 18.9 Å². The second kappa shape index (κ2) is 2.75. The van der Waals surface area contributed by atoms with Crippen LogP contribution in [-0.2, 0) is 6.42 Å². The van der Waals surface area contributed by atoms with Gasteiger partial charge in [0.05, 0.1) is 0 Å². The van der Waals surface area contributed by atoms with E-state index in [-0.39, 0.29) is 6.04 Å². The highest BCUT2D eigenvalue weighted by Crippen LogP contribution is 2.39. The molecule has 0 aromatic heterocycles. The summed E-state index contributed by atoms with van der Waals surface area (Å²) in [6, 6.07) is 3.64. The molecule has 0 heterocycles. The lowest BCUT2D eigenvalue weighted by Gasteiger charge is -2.07. The number of rotatable bonds is 0. The molecule has 0 saturated heterocycles. The fourth-order valence-corrected chi connectivity index (χ4v) is 2.40. The topological polar surface area (TPSA) is 46.2 Å². The summed E-state index contributed by atoms with van der Waals surface area (Å²) in [5.41, 5.74) is 7.96. The van der Waals surface area contributed by atoms with Crippen LogP contribution in [0.1, 0.15) is 23.6 Å². The van der Waals surface area contributed by atoms with Crippen molar-refractivity contribution in [2.75, 3.05) is 0 Å². The van der Waals surface area contributed by atoms with Gasteiger partial charge in [0.2, 0.25) is 0 Å². The van der Waals surface area contributed by atoms with Crippen molar-refractivity contribution in [3.05, 3.63) is 27.7 Å². The normalized spacial score (nSPS) is 21.0. The number of benzene rings is 1. The van der Waals surface area contributed by atoms with Gasteiger partial charge in [-0.05, 0) is 36.1 Å². The summed E-state index contributed by atoms with van der Waals surface area (Å²) < 4.78 is 1.01. The average molecular weight is 228 g/mol. The number of hydrogen-bond acceptors (Lipinski definition) is 2. The summed E-state index contributed by atoms with van der Waals surface area (Å²) in [4.78, 5) is 0. The van der Waals surface area contributed by atoms with Crippen LogP contribution < -0.4 is 5.73 Å². The van der Waals surface area contributed by atoms with Gasteiger partial charge >= 0.3 is 0 Å². The minimum absolute atomic E-state index is 0.0847. The van der Waals surface area contributed by atoms with Crippen molar-refractivity contribution in [3.8, 4) is 5.75 Å². The minimum atomic E-state index is 0.0847. The summed E-state index contributed by atoms with van der Waals surface area (Å²) in [5, 5.41) is 9.50. The van der Waals surface area contributed by atoms with Crippen molar-refractivity contribution < 1.29 is 5.11 Å². The molecule has 64 valence electrons. The third-order valence-electron chi connectivity index (χ3n) is 2.36. The molecular weight excluding hydrogens is 218 g/mol. The number of fused-ring (bicyclic) bond motifs is 1. The Morgan fingerprint density at radius 2 is 2.25 bits per heavy atom. The lowest BCUT2D eigenvalue weighted by Crippen LogP contribution is -2.05. The van der Waals surface area contributed by atoms with Crippen LogP contribution in [0.15, 0.2) is 16.6 Å². The molecular formula is C9H10BrNO. The third kappa shape index (κ3) is 1.04. The van der Waals surface area contributed by atoms with Crippen LogP contribution in [0, 0.1) is 0 Å². The molecule has 0 amide bonds. The standard InChI is InChI=1S/C9H10BrNO/c10-6-2-4-8(12)5-1-3-7(11)9(5)6/h2,4,7,12H,1,3,11H2/t7-/m1/s1. The maximum absolute atomic E-state index is 9.50. The van der Waals surface area contributed by atoms with Gasteiger partial charge in [-0.2, -0.15) is 0 Å². The quantitative estimate of drug-likeness (QED) is 0.714. The first-order chi connectivity index (χ1) is 5.70. The molecule has 0 spiro atoms. The molecule has 3 heteroatoms. The summed E-state index contributed by atoms with van der Waals surface area (Å²) >= 11 is 3.43. The first-order valence-electron chi connectivity index (χ1n) is 3.96. The van der Waals surface area contributed by atoms with E-state index in [1.807, 2.05) is 6.07 Å². The molecule has 2 nitrogen and oxygen atoms in total. The van der Waals surface area contributed by atoms with E-state index in [0.717, 1.165) is 28.4 Å². The Labute approximate surface area is 79.5 Å². The molecule has 1 aromatic carbocycles. The summed E-state index contributed by atoms with van der Waals surface area (Å²) in [5.74, 6) is 0.376. The van der Waals surface area contributed by atoms with Crippen LogP contribution in [0.2, 0.25) is 0 Å². The molecule has 0 fully saturated rings. The zero-order valence-electron chi connectivity index (χ0n) is 6.55. The van der Waals surface area contributed by atoms with E-state index >= 15 is 0 Å². The van der Waals surface area contributed by atoms with E-state index in [0.29, 0.717) is 5.75 Å². The fraction of sp³-hybridized carbons (Fsp3) is 0.333. The first-order valence-corrected chi connectivity index (χ1v) is 4.75. The summed E-state index contributed by atoms with van der Waals surface area (Å²) in [6.07, 6.45) is 1.83. The smallest absolute Gasteiger partial charge is 0.119 e. The van der Waals surface area contributed by atoms with E-state index in [9.17, 15) is 5.11 Å². The molecule has 1 aromatic rings. The minimum Gasteiger partial charge on any atom is -0.508 e. The lowest BCUT2D eigenvalue weighted by atomic mass is 10.1. The van der Waals surface area contributed by atoms with E-state index < -0.39 is 0 Å². The molecule has 2 rings (SSSR count). The zero-order chi connectivity index (χ0) is 8.72. The highest BCUT2D eigenvalue weighted by Gasteiger charge is 2.23. The van der Waals surface area contributed by atoms with Crippen LogP contribution >= 0.6 is 15.9 Å². The molecule has 3 N–H and O–H groups in total. The van der Waals surface area contributed by atoms with Gasteiger partial charge in [-0.3, -0.25) is 0 Å². The van der Waals surface area contributed by atoms with Gasteiger partial charge in [0, 0.05) is 10.5 Å². The average Bonchev–Trinajstić information content (AvgIpc) is 2.42. The van der Waals surface area contributed by atoms with Crippen LogP contribution in [0.5, 0.6) is 5.75 Å². The van der Waals surface area contributed by atoms with Crippen molar-refractivity contribution >= 4 is 15.9 Å². The first kappa shape index (κ1) is 8.08. The Morgan fingerprint density at radius 3 is 2.92 bits per heavy atom. The SMILES string of the molecule is N[C@@H]1CCc2c(O)ccc(Br)c21. The summed E-state index contributed by atoms with van der Waals surface area (Å²) in [6.45, 7) is 0. The Bertz CT molecular complexity index is 325. The molecule has 1 aliphatic carbocycles. The Kier molecular flexibility index (Phi) is 1.85. The van der Waals surface area contributed by atoms with Gasteiger partial charge in [-0.1, -0.05) is 15.9 Å². The van der Waals surface area contributed by atoms with Crippen molar-refractivity contribution in [2.24, 2.45) is 5.73 Å². The lowest BCUT2D eigenvalue weighted by molar-refractivity contribution is 0.469. The van der Waals surface area contributed by atoms with Gasteiger partial charge in [0.25, 0.3) is 0 Å². The fourth-order valence-electron chi connectivity index (χ4n) is 1.73. The Morgan fingerprint density at radius 1 is 1.50 bits per heavy atom. The van der Waals surface area contributed by atoms with E-state index in [4.69, 9.17) is 5.73 Å². The molecule has 0 aliphatic heterocycles. The number of nitrogens with two attached hydrogens (primary N) is 1. The zero-order valence-corrected chi connectivity index (χ0v) is 8.13. The van der Waals surface area contributed by atoms with Crippen LogP contribution in [0.4, 0.5) is 0 Å². The van der Waals surface area contributed by atoms with E-state index in [1.165, 1.54) is 0 Å². The number of phenols is 1. The number of aromatic hydroxyl groups is 1. The Hall–Kier alpha value is -0.540. The van der Waals surface area contributed by atoms with E-state index in [2.05, 4.69) is 15.9 Å². The maximum Gasteiger partial charge on any atom is 0.119 e. The van der Waals surface area contributed by atoms with Crippen molar-refractivity contribution in [1.29, 1.82) is 0 Å². The molecule has 0 bridgehead atoms. The van der Waals surface area contributed by atoms with Gasteiger partial charge in [-0.25, -0.2) is 0 Å². The highest BCUT2D eigenvalue weighted by molar-refractivity contribution is 9.10. The second-order valence-electron chi connectivity index (χ2n) is 3.10. The van der Waals surface area contributed by atoms with Crippen LogP contribution in [0.3, 0.4) is 0 Å². The predicted molar refractivity (Wildman–Crippen MR) is 51.1 cm³/mol. The van der Waals surface area contributed by atoms with Crippen LogP contribution in [-0.4, -0.2) is 5.11 Å². The largest absolute Gasteiger partial charge is 0.508 e. The number of phenolic OH excluding ortho intramolecular Hbond substituents is 1. The van der Waals surface area contributed by atoms with Crippen molar-refractivity contribution in [1.82, 2.24) is 0 Å². The van der Waals surface area contributed by atoms with Crippen molar-refractivity contribution in [3.63, 3.8) is 0 Å². The van der Waals surface area contributed by atoms with Gasteiger partial charge < -0.3 is 10.8 Å². The van der Waals surface area contributed by atoms with Gasteiger partial charge in [-0.15, -0.1) is 0 Å². The highest BCUT2D eigenvalue weighted by atomic mass is 79.9. The maximum atomic E-state index is 9.50. The molecule has 1 aliphatic rings. The molecule has 12 heavy (non-hydrogen) atoms. The molecule has 0 unspecified atom stereocenters. The van der Waals surface area contributed by atoms with Crippen LogP contribution in [0.25, 0.3) is 0 Å². The van der Waals surface area contributed by atoms with Gasteiger partial charge in [0.15, 0.2) is 0 Å². The van der Waals surface area contributed by atoms with E-state index in [1.54, 1.807) is 6.07 Å². The summed E-state index contributed by atoms with van der Waals surface area (Å²) in [7, 11) is 0. The second-order valence-corrected chi connectivity index (χ2v) is 3.96. The monoisotopic (exact) mass is 227 g/mol.